The summed E-state index contributed by atoms with van der Waals surface area (Å²) in [6.07, 6.45) is 6.23. The molecule has 1 fully saturated rings. The Labute approximate surface area is 157 Å². The first-order valence-corrected chi connectivity index (χ1v) is 9.48. The number of hydrogen-bond donors (Lipinski definition) is 1. The average molecular weight is 381 g/mol. The highest BCUT2D eigenvalue weighted by atomic mass is 35.5. The van der Waals surface area contributed by atoms with Gasteiger partial charge in [0.05, 0.1) is 27.9 Å². The minimum Gasteiger partial charge on any atom is -0.462 e. The van der Waals surface area contributed by atoms with E-state index in [1.165, 1.54) is 25.5 Å². The first kappa shape index (κ1) is 18.3. The highest BCUT2D eigenvalue weighted by molar-refractivity contribution is 6.45. The molecule has 1 saturated carbocycles. The van der Waals surface area contributed by atoms with E-state index in [0.717, 1.165) is 17.5 Å². The molecule has 1 aromatic carbocycles. The summed E-state index contributed by atoms with van der Waals surface area (Å²) in [5.74, 6) is 0.156. The average Bonchev–Trinajstić information content (AvgIpc) is 2.60. The SMILES string of the molecule is CCOC(=O)c1cnc2c(Cl)c(Cl)ccc2c1N[C@@H]1CCCC[C@@H]1C. The molecule has 2 aromatic rings. The van der Waals surface area contributed by atoms with Crippen molar-refractivity contribution < 1.29 is 9.53 Å². The normalized spacial score (nSPS) is 20.5. The summed E-state index contributed by atoms with van der Waals surface area (Å²) in [7, 11) is 0. The van der Waals surface area contributed by atoms with Crippen LogP contribution in [0.15, 0.2) is 18.3 Å². The molecule has 0 aliphatic heterocycles. The third-order valence-corrected chi connectivity index (χ3v) is 5.66. The molecule has 2 atom stereocenters. The molecule has 0 saturated heterocycles. The topological polar surface area (TPSA) is 51.2 Å². The van der Waals surface area contributed by atoms with Gasteiger partial charge >= 0.3 is 5.97 Å². The summed E-state index contributed by atoms with van der Waals surface area (Å²) in [5.41, 5.74) is 1.76. The maximum atomic E-state index is 12.4. The molecule has 1 aliphatic carbocycles. The molecule has 25 heavy (non-hydrogen) atoms. The Hall–Kier alpha value is -1.52. The molecule has 1 aliphatic rings. The van der Waals surface area contributed by atoms with Gasteiger partial charge < -0.3 is 10.1 Å². The van der Waals surface area contributed by atoms with Gasteiger partial charge in [-0.3, -0.25) is 4.98 Å². The van der Waals surface area contributed by atoms with Gasteiger partial charge in [0.15, 0.2) is 0 Å². The minimum atomic E-state index is -0.381. The monoisotopic (exact) mass is 380 g/mol. The second-order valence-corrected chi connectivity index (χ2v) is 7.32. The minimum absolute atomic E-state index is 0.307. The highest BCUT2D eigenvalue weighted by Crippen LogP contribution is 2.37. The van der Waals surface area contributed by atoms with E-state index in [2.05, 4.69) is 17.2 Å². The first-order valence-electron chi connectivity index (χ1n) is 8.73. The number of esters is 1. The fraction of sp³-hybridized carbons (Fsp3) is 0.474. The van der Waals surface area contributed by atoms with Crippen LogP contribution >= 0.6 is 23.2 Å². The molecule has 0 amide bonds. The number of ether oxygens (including phenoxy) is 1. The molecule has 6 heteroatoms. The van der Waals surface area contributed by atoms with E-state index in [0.29, 0.717) is 39.7 Å². The molecule has 1 aromatic heterocycles. The van der Waals surface area contributed by atoms with Gasteiger partial charge in [-0.2, -0.15) is 0 Å². The summed E-state index contributed by atoms with van der Waals surface area (Å²) >= 11 is 12.4. The molecule has 0 bridgehead atoms. The van der Waals surface area contributed by atoms with Crippen LogP contribution in [-0.2, 0) is 4.74 Å². The number of halogens is 2. The summed E-state index contributed by atoms with van der Waals surface area (Å²) < 4.78 is 5.21. The molecule has 4 nitrogen and oxygen atoms in total. The van der Waals surface area contributed by atoms with Crippen LogP contribution in [0.4, 0.5) is 5.69 Å². The summed E-state index contributed by atoms with van der Waals surface area (Å²) in [5, 5.41) is 5.22. The van der Waals surface area contributed by atoms with Crippen LogP contribution in [0.3, 0.4) is 0 Å². The highest BCUT2D eigenvalue weighted by Gasteiger charge is 2.25. The van der Waals surface area contributed by atoms with Crippen LogP contribution in [0.1, 0.15) is 49.9 Å². The largest absolute Gasteiger partial charge is 0.462 e. The van der Waals surface area contributed by atoms with E-state index in [-0.39, 0.29) is 5.97 Å². The van der Waals surface area contributed by atoms with Crippen LogP contribution < -0.4 is 5.32 Å². The quantitative estimate of drug-likeness (QED) is 0.690. The number of carbonyl (C=O) groups is 1. The van der Waals surface area contributed by atoms with Crippen molar-refractivity contribution in [2.45, 2.75) is 45.6 Å². The number of nitrogens with zero attached hydrogens (tertiary/aromatic N) is 1. The van der Waals surface area contributed by atoms with Crippen molar-refractivity contribution >= 4 is 45.8 Å². The smallest absolute Gasteiger partial charge is 0.341 e. The fourth-order valence-corrected chi connectivity index (χ4v) is 3.81. The van der Waals surface area contributed by atoms with Crippen LogP contribution in [0.5, 0.6) is 0 Å². The van der Waals surface area contributed by atoms with Gasteiger partial charge in [-0.25, -0.2) is 4.79 Å². The predicted octanol–water partition coefficient (Wildman–Crippen LogP) is 5.71. The number of carbonyl (C=O) groups excluding carboxylic acids is 1. The van der Waals surface area contributed by atoms with Crippen molar-refractivity contribution in [1.82, 2.24) is 4.98 Å². The number of aromatic nitrogens is 1. The lowest BCUT2D eigenvalue weighted by Gasteiger charge is -2.31. The van der Waals surface area contributed by atoms with E-state index in [1.54, 1.807) is 13.0 Å². The number of rotatable bonds is 4. The fourth-order valence-electron chi connectivity index (χ4n) is 3.44. The lowest BCUT2D eigenvalue weighted by atomic mass is 9.85. The van der Waals surface area contributed by atoms with Crippen LogP contribution in [0.2, 0.25) is 10.0 Å². The third-order valence-electron chi connectivity index (χ3n) is 4.87. The zero-order valence-corrected chi connectivity index (χ0v) is 16.0. The van der Waals surface area contributed by atoms with Crippen molar-refractivity contribution in [2.75, 3.05) is 11.9 Å². The Morgan fingerprint density at radius 1 is 1.32 bits per heavy atom. The lowest BCUT2D eigenvalue weighted by Crippen LogP contribution is -2.31. The van der Waals surface area contributed by atoms with Gasteiger partial charge in [0.1, 0.15) is 5.56 Å². The molecular formula is C19H22Cl2N2O2. The molecule has 1 heterocycles. The number of anilines is 1. The number of fused-ring (bicyclic) bond motifs is 1. The number of benzene rings is 1. The van der Waals surface area contributed by atoms with Crippen molar-refractivity contribution in [3.05, 3.63) is 33.9 Å². The third kappa shape index (κ3) is 3.70. The Bertz CT molecular complexity index is 795. The predicted molar refractivity (Wildman–Crippen MR) is 103 cm³/mol. The Balaban J connectivity index is 2.11. The molecule has 134 valence electrons. The van der Waals surface area contributed by atoms with Crippen molar-refractivity contribution in [3.63, 3.8) is 0 Å². The van der Waals surface area contributed by atoms with Crippen molar-refractivity contribution in [3.8, 4) is 0 Å². The molecule has 0 spiro atoms. The van der Waals surface area contributed by atoms with Gasteiger partial charge in [-0.1, -0.05) is 43.0 Å². The Kier molecular flexibility index (Phi) is 5.70. The van der Waals surface area contributed by atoms with Crippen LogP contribution in [0, 0.1) is 5.92 Å². The van der Waals surface area contributed by atoms with Crippen LogP contribution in [-0.4, -0.2) is 23.6 Å². The molecular weight excluding hydrogens is 359 g/mol. The van der Waals surface area contributed by atoms with E-state index in [1.807, 2.05) is 6.07 Å². The van der Waals surface area contributed by atoms with Gasteiger partial charge in [0.2, 0.25) is 0 Å². The first-order chi connectivity index (χ1) is 12.0. The van der Waals surface area contributed by atoms with Gasteiger partial charge in [0, 0.05) is 17.6 Å². The maximum Gasteiger partial charge on any atom is 0.341 e. The molecule has 1 N–H and O–H groups in total. The van der Waals surface area contributed by atoms with Crippen molar-refractivity contribution in [2.24, 2.45) is 5.92 Å². The second-order valence-electron chi connectivity index (χ2n) is 6.54. The number of nitrogens with one attached hydrogen (secondary N) is 1. The summed E-state index contributed by atoms with van der Waals surface area (Å²) in [6, 6.07) is 3.90. The van der Waals surface area contributed by atoms with E-state index < -0.39 is 0 Å². The second kappa shape index (κ2) is 7.79. The maximum absolute atomic E-state index is 12.4. The Morgan fingerprint density at radius 3 is 2.80 bits per heavy atom. The van der Waals surface area contributed by atoms with Gasteiger partial charge in [-0.15, -0.1) is 0 Å². The standard InChI is InChI=1S/C19H22Cl2N2O2/c1-3-25-19(24)13-10-22-18-12(8-9-14(20)16(18)21)17(13)23-15-7-5-4-6-11(15)2/h8-11,15H,3-7H2,1-2H3,(H,22,23)/t11-,15+/m0/s1. The van der Waals surface area contributed by atoms with Crippen molar-refractivity contribution in [1.29, 1.82) is 0 Å². The van der Waals surface area contributed by atoms with E-state index in [4.69, 9.17) is 27.9 Å². The van der Waals surface area contributed by atoms with Gasteiger partial charge in [0.25, 0.3) is 0 Å². The Morgan fingerprint density at radius 2 is 2.08 bits per heavy atom. The molecule has 0 unspecified atom stereocenters. The van der Waals surface area contributed by atoms with E-state index in [9.17, 15) is 4.79 Å². The zero-order chi connectivity index (χ0) is 18.0. The lowest BCUT2D eigenvalue weighted by molar-refractivity contribution is 0.0527. The molecule has 3 rings (SSSR count). The zero-order valence-electron chi connectivity index (χ0n) is 14.4. The van der Waals surface area contributed by atoms with Gasteiger partial charge in [-0.05, 0) is 37.8 Å². The number of hydrogen-bond acceptors (Lipinski definition) is 4. The molecule has 0 radical (unpaired) electrons. The van der Waals surface area contributed by atoms with E-state index >= 15 is 0 Å². The number of pyridine rings is 1. The summed E-state index contributed by atoms with van der Waals surface area (Å²) in [4.78, 5) is 16.8. The van der Waals surface area contributed by atoms with Crippen LogP contribution in [0.25, 0.3) is 10.9 Å². The summed E-state index contributed by atoms with van der Waals surface area (Å²) in [6.45, 7) is 4.35.